The Morgan fingerprint density at radius 3 is 0.942 bits per heavy atom. The lowest BCUT2D eigenvalue weighted by Crippen LogP contribution is -1.96. The SMILES string of the molecule is COc1cc(/C=C/c2cc(OC)c(Oc3ccc(C=O)cc3)c(OC)c2)c(OC)cc1/C=C/c1cc(OC)c(Oc2ccc(C=O)cc2)c(OC)c1. The van der Waals surface area contributed by atoms with Crippen molar-refractivity contribution in [2.75, 3.05) is 42.7 Å². The van der Waals surface area contributed by atoms with Crippen LogP contribution in [0.4, 0.5) is 0 Å². The number of aldehydes is 2. The van der Waals surface area contributed by atoms with Crippen LogP contribution in [0, 0.1) is 0 Å². The van der Waals surface area contributed by atoms with Crippen LogP contribution in [0.15, 0.2) is 84.9 Å². The minimum Gasteiger partial charge on any atom is -0.496 e. The maximum absolute atomic E-state index is 11.0. The molecule has 5 aromatic rings. The first-order chi connectivity index (χ1) is 25.4. The van der Waals surface area contributed by atoms with Gasteiger partial charge in [-0.15, -0.1) is 0 Å². The topological polar surface area (TPSA) is 108 Å². The summed E-state index contributed by atoms with van der Waals surface area (Å²) in [5.74, 6) is 4.95. The zero-order valence-corrected chi connectivity index (χ0v) is 29.6. The van der Waals surface area contributed by atoms with Crippen molar-refractivity contribution in [3.63, 3.8) is 0 Å². The number of methoxy groups -OCH3 is 6. The summed E-state index contributed by atoms with van der Waals surface area (Å²) in [6.45, 7) is 0. The molecule has 0 spiro atoms. The molecule has 0 aliphatic heterocycles. The number of hydrogen-bond donors (Lipinski definition) is 0. The second kappa shape index (κ2) is 17.3. The molecular formula is C42H38O10. The summed E-state index contributed by atoms with van der Waals surface area (Å²) in [5.41, 5.74) is 4.21. The first-order valence-corrected chi connectivity index (χ1v) is 16.0. The van der Waals surface area contributed by atoms with Crippen molar-refractivity contribution in [3.05, 3.63) is 118 Å². The highest BCUT2D eigenvalue weighted by atomic mass is 16.5. The molecule has 10 heteroatoms. The van der Waals surface area contributed by atoms with Crippen molar-refractivity contribution >= 4 is 36.9 Å². The molecule has 0 fully saturated rings. The van der Waals surface area contributed by atoms with E-state index in [1.807, 2.05) is 60.7 Å². The van der Waals surface area contributed by atoms with Crippen LogP contribution in [0.5, 0.6) is 57.5 Å². The molecule has 0 atom stereocenters. The van der Waals surface area contributed by atoms with E-state index in [4.69, 9.17) is 37.9 Å². The molecule has 0 saturated carbocycles. The highest BCUT2D eigenvalue weighted by Gasteiger charge is 2.17. The lowest BCUT2D eigenvalue weighted by atomic mass is 10.0. The van der Waals surface area contributed by atoms with Gasteiger partial charge in [0.2, 0.25) is 11.5 Å². The minimum absolute atomic E-state index is 0.402. The van der Waals surface area contributed by atoms with E-state index in [0.29, 0.717) is 68.6 Å². The van der Waals surface area contributed by atoms with E-state index >= 15 is 0 Å². The van der Waals surface area contributed by atoms with Gasteiger partial charge in [0, 0.05) is 22.3 Å². The molecule has 0 unspecified atom stereocenters. The Kier molecular flexibility index (Phi) is 12.2. The lowest BCUT2D eigenvalue weighted by Gasteiger charge is -2.15. The van der Waals surface area contributed by atoms with Gasteiger partial charge in [0.15, 0.2) is 23.0 Å². The highest BCUT2D eigenvalue weighted by molar-refractivity contribution is 5.81. The molecule has 0 aromatic heterocycles. The van der Waals surface area contributed by atoms with Crippen molar-refractivity contribution in [2.45, 2.75) is 0 Å². The van der Waals surface area contributed by atoms with Gasteiger partial charge in [-0.3, -0.25) is 9.59 Å². The number of benzene rings is 5. The Hall–Kier alpha value is -6.68. The van der Waals surface area contributed by atoms with E-state index in [1.165, 1.54) is 0 Å². The molecule has 5 rings (SSSR count). The number of ether oxygens (including phenoxy) is 8. The highest BCUT2D eigenvalue weighted by Crippen LogP contribution is 2.43. The molecule has 52 heavy (non-hydrogen) atoms. The average Bonchev–Trinajstić information content (AvgIpc) is 3.19. The van der Waals surface area contributed by atoms with Gasteiger partial charge in [-0.25, -0.2) is 0 Å². The van der Waals surface area contributed by atoms with Crippen LogP contribution in [0.3, 0.4) is 0 Å². The summed E-state index contributed by atoms with van der Waals surface area (Å²) in [6, 6.07) is 24.6. The van der Waals surface area contributed by atoms with Gasteiger partial charge in [-0.2, -0.15) is 0 Å². The molecular weight excluding hydrogens is 664 g/mol. The molecule has 0 saturated heterocycles. The van der Waals surface area contributed by atoms with Gasteiger partial charge < -0.3 is 37.9 Å². The molecule has 10 nitrogen and oxygen atoms in total. The number of carbonyl (C=O) groups is 2. The third kappa shape index (κ3) is 8.54. The van der Waals surface area contributed by atoms with Crippen LogP contribution in [-0.4, -0.2) is 55.2 Å². The summed E-state index contributed by atoms with van der Waals surface area (Å²) in [5, 5.41) is 0. The summed E-state index contributed by atoms with van der Waals surface area (Å²) in [6.07, 6.45) is 9.16. The zero-order chi connectivity index (χ0) is 37.0. The second-order valence-corrected chi connectivity index (χ2v) is 11.1. The van der Waals surface area contributed by atoms with Crippen LogP contribution in [0.1, 0.15) is 43.0 Å². The molecule has 266 valence electrons. The lowest BCUT2D eigenvalue weighted by molar-refractivity contribution is 0.111. The molecule has 0 N–H and O–H groups in total. The summed E-state index contributed by atoms with van der Waals surface area (Å²) >= 11 is 0. The fourth-order valence-corrected chi connectivity index (χ4v) is 5.24. The second-order valence-electron chi connectivity index (χ2n) is 11.1. The Bertz CT molecular complexity index is 1880. The van der Waals surface area contributed by atoms with E-state index in [1.54, 1.807) is 91.2 Å². The Morgan fingerprint density at radius 1 is 0.365 bits per heavy atom. The van der Waals surface area contributed by atoms with E-state index in [9.17, 15) is 9.59 Å². The first-order valence-electron chi connectivity index (χ1n) is 16.0. The quantitative estimate of drug-likeness (QED) is 0.0729. The average molecular weight is 703 g/mol. The smallest absolute Gasteiger partial charge is 0.211 e. The first kappa shape index (κ1) is 36.6. The van der Waals surface area contributed by atoms with Crippen molar-refractivity contribution in [3.8, 4) is 57.5 Å². The molecule has 0 aliphatic rings. The number of rotatable bonds is 16. The van der Waals surface area contributed by atoms with Crippen LogP contribution in [0.25, 0.3) is 24.3 Å². The van der Waals surface area contributed by atoms with E-state index in [-0.39, 0.29) is 0 Å². The molecule has 0 heterocycles. The number of carbonyl (C=O) groups excluding carboxylic acids is 2. The molecule has 0 radical (unpaired) electrons. The van der Waals surface area contributed by atoms with Gasteiger partial charge >= 0.3 is 0 Å². The number of hydrogen-bond acceptors (Lipinski definition) is 10. The maximum atomic E-state index is 11.0. The van der Waals surface area contributed by atoms with Crippen molar-refractivity contribution in [1.29, 1.82) is 0 Å². The fourth-order valence-electron chi connectivity index (χ4n) is 5.24. The Morgan fingerprint density at radius 2 is 0.673 bits per heavy atom. The van der Waals surface area contributed by atoms with Gasteiger partial charge in [0.1, 0.15) is 35.6 Å². The van der Waals surface area contributed by atoms with Crippen LogP contribution in [0.2, 0.25) is 0 Å². The van der Waals surface area contributed by atoms with Gasteiger partial charge in [-0.1, -0.05) is 24.3 Å². The monoisotopic (exact) mass is 702 g/mol. The Balaban J connectivity index is 1.41. The third-order valence-electron chi connectivity index (χ3n) is 7.93. The normalized spacial score (nSPS) is 10.9. The van der Waals surface area contributed by atoms with Crippen LogP contribution in [-0.2, 0) is 0 Å². The predicted octanol–water partition coefficient (Wildman–Crippen LogP) is 9.29. The Labute approximate surface area is 302 Å². The fraction of sp³-hybridized carbons (Fsp3) is 0.143. The molecule has 0 amide bonds. The van der Waals surface area contributed by atoms with Crippen molar-refractivity contribution in [2.24, 2.45) is 0 Å². The molecule has 5 aromatic carbocycles. The largest absolute Gasteiger partial charge is 0.496 e. The van der Waals surface area contributed by atoms with Gasteiger partial charge in [0.25, 0.3) is 0 Å². The summed E-state index contributed by atoms with van der Waals surface area (Å²) in [4.78, 5) is 22.1. The molecule has 0 bridgehead atoms. The predicted molar refractivity (Wildman–Crippen MR) is 200 cm³/mol. The van der Waals surface area contributed by atoms with Gasteiger partial charge in [-0.05, 0) is 96.1 Å². The van der Waals surface area contributed by atoms with E-state index in [0.717, 1.165) is 34.8 Å². The van der Waals surface area contributed by atoms with Crippen LogP contribution < -0.4 is 37.9 Å². The van der Waals surface area contributed by atoms with E-state index < -0.39 is 0 Å². The maximum Gasteiger partial charge on any atom is 0.211 e. The van der Waals surface area contributed by atoms with Crippen molar-refractivity contribution in [1.82, 2.24) is 0 Å². The summed E-state index contributed by atoms with van der Waals surface area (Å²) in [7, 11) is 9.41. The standard InChI is InChI=1S/C42H38O10/c1-45-35-23-32(14-8-30-21-39(49-5)42(40(22-30)50-6)52-34-17-11-28(26-44)12-18-34)36(46-2)24-31(35)13-7-29-19-37(47-3)41(38(20-29)48-4)51-33-15-9-27(25-43)10-16-33/h7-26H,1-6H3/b13-7+,14-8+. The molecule has 0 aliphatic carbocycles. The van der Waals surface area contributed by atoms with Crippen molar-refractivity contribution < 1.29 is 47.5 Å². The van der Waals surface area contributed by atoms with E-state index in [2.05, 4.69) is 0 Å². The minimum atomic E-state index is 0.402. The summed E-state index contributed by atoms with van der Waals surface area (Å²) < 4.78 is 46.3. The third-order valence-corrected chi connectivity index (χ3v) is 7.93. The zero-order valence-electron chi connectivity index (χ0n) is 29.6. The van der Waals surface area contributed by atoms with Gasteiger partial charge in [0.05, 0.1) is 42.7 Å². The van der Waals surface area contributed by atoms with Crippen LogP contribution >= 0.6 is 0 Å².